The first kappa shape index (κ1) is 8.74. The van der Waals surface area contributed by atoms with Gasteiger partial charge in [0.1, 0.15) is 0 Å². The van der Waals surface area contributed by atoms with Crippen LogP contribution in [0.2, 0.25) is 0 Å². The number of aromatic amines is 1. The molecule has 72 valence electrons. The summed E-state index contributed by atoms with van der Waals surface area (Å²) in [7, 11) is 0. The van der Waals surface area contributed by atoms with Gasteiger partial charge in [-0.05, 0) is 18.6 Å². The van der Waals surface area contributed by atoms with Crippen molar-refractivity contribution < 1.29 is 9.90 Å². The summed E-state index contributed by atoms with van der Waals surface area (Å²) < 4.78 is 0. The van der Waals surface area contributed by atoms with E-state index in [0.29, 0.717) is 0 Å². The number of H-pyrrole nitrogens is 1. The zero-order valence-electron chi connectivity index (χ0n) is 7.74. The molecule has 2 heterocycles. The van der Waals surface area contributed by atoms with Crippen molar-refractivity contribution in [3.8, 4) is 0 Å². The lowest BCUT2D eigenvalue weighted by Gasteiger charge is -1.94. The Morgan fingerprint density at radius 3 is 3.14 bits per heavy atom. The smallest absolute Gasteiger partial charge is 0.307 e. The van der Waals surface area contributed by atoms with E-state index in [1.54, 1.807) is 12.4 Å². The van der Waals surface area contributed by atoms with Gasteiger partial charge in [-0.15, -0.1) is 0 Å². The SMILES string of the molecule is Cc1cnc2c(CC(=O)O)c[nH]c2c1. The number of aromatic nitrogens is 2. The molecule has 0 fully saturated rings. The molecule has 0 saturated carbocycles. The lowest BCUT2D eigenvalue weighted by molar-refractivity contribution is -0.136. The first-order valence-electron chi connectivity index (χ1n) is 4.31. The summed E-state index contributed by atoms with van der Waals surface area (Å²) in [5, 5.41) is 8.66. The number of pyridine rings is 1. The van der Waals surface area contributed by atoms with E-state index in [2.05, 4.69) is 9.97 Å². The molecule has 2 N–H and O–H groups in total. The van der Waals surface area contributed by atoms with Crippen molar-refractivity contribution in [2.24, 2.45) is 0 Å². The average molecular weight is 190 g/mol. The van der Waals surface area contributed by atoms with E-state index >= 15 is 0 Å². The summed E-state index contributed by atoms with van der Waals surface area (Å²) in [5.74, 6) is -0.840. The standard InChI is InChI=1S/C10H10N2O2/c1-6-2-8-10(12-4-6)7(5-11-8)3-9(13)14/h2,4-5,11H,3H2,1H3,(H,13,14). The average Bonchev–Trinajstić information content (AvgIpc) is 2.47. The third-order valence-electron chi connectivity index (χ3n) is 2.07. The summed E-state index contributed by atoms with van der Waals surface area (Å²) in [5.41, 5.74) is 3.42. The van der Waals surface area contributed by atoms with Gasteiger partial charge < -0.3 is 10.1 Å². The van der Waals surface area contributed by atoms with Crippen LogP contribution in [-0.2, 0) is 11.2 Å². The Balaban J connectivity index is 2.52. The summed E-state index contributed by atoms with van der Waals surface area (Å²) in [6.45, 7) is 1.95. The summed E-state index contributed by atoms with van der Waals surface area (Å²) in [6.07, 6.45) is 3.45. The lowest BCUT2D eigenvalue weighted by atomic mass is 10.2. The maximum absolute atomic E-state index is 10.5. The molecule has 0 unspecified atom stereocenters. The highest BCUT2D eigenvalue weighted by Gasteiger charge is 2.08. The van der Waals surface area contributed by atoms with E-state index in [1.807, 2.05) is 13.0 Å². The van der Waals surface area contributed by atoms with Crippen molar-refractivity contribution in [3.05, 3.63) is 29.6 Å². The Bertz CT molecular complexity index is 488. The second-order valence-corrected chi connectivity index (χ2v) is 3.29. The van der Waals surface area contributed by atoms with Crippen LogP contribution in [0.25, 0.3) is 11.0 Å². The van der Waals surface area contributed by atoms with Crippen LogP contribution in [-0.4, -0.2) is 21.0 Å². The summed E-state index contributed by atoms with van der Waals surface area (Å²) >= 11 is 0. The minimum Gasteiger partial charge on any atom is -0.481 e. The highest BCUT2D eigenvalue weighted by atomic mass is 16.4. The molecule has 0 aliphatic rings. The molecule has 14 heavy (non-hydrogen) atoms. The Labute approximate surface area is 80.6 Å². The number of aryl methyl sites for hydroxylation is 1. The van der Waals surface area contributed by atoms with Crippen LogP contribution in [0.5, 0.6) is 0 Å². The van der Waals surface area contributed by atoms with Crippen molar-refractivity contribution in [2.75, 3.05) is 0 Å². The maximum atomic E-state index is 10.5. The van der Waals surface area contributed by atoms with Crippen LogP contribution in [0.1, 0.15) is 11.1 Å². The highest BCUT2D eigenvalue weighted by molar-refractivity contribution is 5.83. The molecular weight excluding hydrogens is 180 g/mol. The molecule has 4 heteroatoms. The van der Waals surface area contributed by atoms with Crippen molar-refractivity contribution in [1.82, 2.24) is 9.97 Å². The largest absolute Gasteiger partial charge is 0.481 e. The molecule has 2 aromatic rings. The second-order valence-electron chi connectivity index (χ2n) is 3.29. The van der Waals surface area contributed by atoms with E-state index in [0.717, 1.165) is 22.2 Å². The number of rotatable bonds is 2. The van der Waals surface area contributed by atoms with Crippen LogP contribution < -0.4 is 0 Å². The minimum atomic E-state index is -0.840. The van der Waals surface area contributed by atoms with Crippen molar-refractivity contribution in [2.45, 2.75) is 13.3 Å². The number of hydrogen-bond donors (Lipinski definition) is 2. The van der Waals surface area contributed by atoms with Crippen LogP contribution in [0, 0.1) is 6.92 Å². The van der Waals surface area contributed by atoms with Gasteiger partial charge in [0.25, 0.3) is 0 Å². The molecule has 0 aliphatic carbocycles. The topological polar surface area (TPSA) is 66.0 Å². The Hall–Kier alpha value is -1.84. The van der Waals surface area contributed by atoms with Crippen molar-refractivity contribution >= 4 is 17.0 Å². The van der Waals surface area contributed by atoms with Crippen LogP contribution >= 0.6 is 0 Å². The van der Waals surface area contributed by atoms with Gasteiger partial charge in [-0.1, -0.05) is 0 Å². The number of nitrogens with one attached hydrogen (secondary N) is 1. The molecular formula is C10H10N2O2. The molecule has 0 radical (unpaired) electrons. The van der Waals surface area contributed by atoms with E-state index in [1.165, 1.54) is 0 Å². The number of carbonyl (C=O) groups is 1. The van der Waals surface area contributed by atoms with Gasteiger partial charge in [0, 0.05) is 18.0 Å². The van der Waals surface area contributed by atoms with Gasteiger partial charge in [-0.3, -0.25) is 9.78 Å². The molecule has 0 saturated heterocycles. The number of carboxylic acid groups (broad SMARTS) is 1. The van der Waals surface area contributed by atoms with Gasteiger partial charge in [-0.2, -0.15) is 0 Å². The van der Waals surface area contributed by atoms with Gasteiger partial charge in [-0.25, -0.2) is 0 Å². The Morgan fingerprint density at radius 2 is 2.43 bits per heavy atom. The van der Waals surface area contributed by atoms with E-state index in [4.69, 9.17) is 5.11 Å². The summed E-state index contributed by atoms with van der Waals surface area (Å²) in [4.78, 5) is 17.7. The van der Waals surface area contributed by atoms with Crippen molar-refractivity contribution in [3.63, 3.8) is 0 Å². The van der Waals surface area contributed by atoms with Gasteiger partial charge >= 0.3 is 5.97 Å². The van der Waals surface area contributed by atoms with Crippen molar-refractivity contribution in [1.29, 1.82) is 0 Å². The number of nitrogens with zero attached hydrogens (tertiary/aromatic N) is 1. The molecule has 0 spiro atoms. The molecule has 0 bridgehead atoms. The monoisotopic (exact) mass is 190 g/mol. The fourth-order valence-corrected chi connectivity index (χ4v) is 1.47. The Morgan fingerprint density at radius 1 is 1.64 bits per heavy atom. The van der Waals surface area contributed by atoms with Crippen LogP contribution in [0.15, 0.2) is 18.5 Å². The molecule has 0 aliphatic heterocycles. The number of carboxylic acids is 1. The first-order chi connectivity index (χ1) is 6.66. The zero-order chi connectivity index (χ0) is 10.1. The molecule has 0 aromatic carbocycles. The fourth-order valence-electron chi connectivity index (χ4n) is 1.47. The van der Waals surface area contributed by atoms with E-state index in [9.17, 15) is 4.79 Å². The third kappa shape index (κ3) is 1.46. The quantitative estimate of drug-likeness (QED) is 0.754. The number of fused-ring (bicyclic) bond motifs is 1. The molecule has 2 rings (SSSR count). The third-order valence-corrected chi connectivity index (χ3v) is 2.07. The van der Waals surface area contributed by atoms with Gasteiger partial charge in [0.05, 0.1) is 17.5 Å². The molecule has 0 atom stereocenters. The Kier molecular flexibility index (Phi) is 1.96. The predicted molar refractivity (Wildman–Crippen MR) is 52.2 cm³/mol. The normalized spacial score (nSPS) is 10.6. The first-order valence-corrected chi connectivity index (χ1v) is 4.31. The number of aliphatic carboxylic acids is 1. The predicted octanol–water partition coefficient (Wildman–Crippen LogP) is 1.50. The summed E-state index contributed by atoms with van der Waals surface area (Å²) in [6, 6.07) is 1.95. The second kappa shape index (κ2) is 3.14. The molecule has 0 amide bonds. The van der Waals surface area contributed by atoms with Crippen LogP contribution in [0.4, 0.5) is 0 Å². The maximum Gasteiger partial charge on any atom is 0.307 e. The van der Waals surface area contributed by atoms with E-state index in [-0.39, 0.29) is 6.42 Å². The van der Waals surface area contributed by atoms with Gasteiger partial charge in [0.2, 0.25) is 0 Å². The highest BCUT2D eigenvalue weighted by Crippen LogP contribution is 2.16. The van der Waals surface area contributed by atoms with Gasteiger partial charge in [0.15, 0.2) is 0 Å². The van der Waals surface area contributed by atoms with Crippen LogP contribution in [0.3, 0.4) is 0 Å². The zero-order valence-corrected chi connectivity index (χ0v) is 7.74. The minimum absolute atomic E-state index is 0.00998. The molecule has 4 nitrogen and oxygen atoms in total. The fraction of sp³-hybridized carbons (Fsp3) is 0.200. The molecule has 2 aromatic heterocycles. The number of hydrogen-bond acceptors (Lipinski definition) is 2. The van der Waals surface area contributed by atoms with E-state index < -0.39 is 5.97 Å². The lowest BCUT2D eigenvalue weighted by Crippen LogP contribution is -1.99.